The Balaban J connectivity index is 1.92. The predicted molar refractivity (Wildman–Crippen MR) is 98.2 cm³/mol. The van der Waals surface area contributed by atoms with Gasteiger partial charge in [-0.05, 0) is 25.1 Å². The number of aryl methyl sites for hydroxylation is 1. The summed E-state index contributed by atoms with van der Waals surface area (Å²) in [6.45, 7) is 9.99. The normalized spacial score (nSPS) is 15.5. The van der Waals surface area contributed by atoms with E-state index in [-0.39, 0.29) is 0 Å². The molecule has 0 saturated carbocycles. The molecule has 0 atom stereocenters. The molecule has 0 radical (unpaired) electrons. The van der Waals surface area contributed by atoms with Crippen molar-refractivity contribution < 1.29 is 0 Å². The quantitative estimate of drug-likeness (QED) is 0.939. The maximum atomic E-state index is 9.51. The summed E-state index contributed by atoms with van der Waals surface area (Å²) < 4.78 is 2.06. The van der Waals surface area contributed by atoms with Crippen molar-refractivity contribution in [3.05, 3.63) is 47.2 Å². The zero-order chi connectivity index (χ0) is 17.1. The molecule has 0 aliphatic carbocycles. The molecule has 2 aromatic rings. The highest BCUT2D eigenvalue weighted by Crippen LogP contribution is 2.29. The van der Waals surface area contributed by atoms with E-state index in [2.05, 4.69) is 58.5 Å². The highest BCUT2D eigenvalue weighted by molar-refractivity contribution is 5.68. The average Bonchev–Trinajstić information content (AvgIpc) is 2.90. The molecule has 0 bridgehead atoms. The molecule has 1 aliphatic heterocycles. The first-order chi connectivity index (χ1) is 11.6. The molecule has 2 heterocycles. The molecule has 0 amide bonds. The van der Waals surface area contributed by atoms with Crippen molar-refractivity contribution in [2.24, 2.45) is 0 Å². The van der Waals surface area contributed by atoms with Gasteiger partial charge in [0.25, 0.3) is 0 Å². The van der Waals surface area contributed by atoms with Gasteiger partial charge >= 0.3 is 0 Å². The maximum absolute atomic E-state index is 9.51. The Morgan fingerprint density at radius 1 is 1.17 bits per heavy atom. The molecule has 1 fully saturated rings. The Morgan fingerprint density at radius 2 is 1.92 bits per heavy atom. The van der Waals surface area contributed by atoms with Crippen molar-refractivity contribution in [2.75, 3.05) is 43.4 Å². The van der Waals surface area contributed by atoms with Crippen LogP contribution < -0.4 is 10.6 Å². The molecular weight excluding hydrogens is 298 g/mol. The van der Waals surface area contributed by atoms with Gasteiger partial charge in [-0.3, -0.25) is 0 Å². The first kappa shape index (κ1) is 16.4. The second-order valence-electron chi connectivity index (χ2n) is 6.42. The molecule has 0 unspecified atom stereocenters. The second-order valence-corrected chi connectivity index (χ2v) is 6.42. The Bertz CT molecular complexity index is 748. The summed E-state index contributed by atoms with van der Waals surface area (Å²) in [5.41, 5.74) is 10.0. The van der Waals surface area contributed by atoms with Crippen LogP contribution in [0.15, 0.2) is 30.3 Å². The van der Waals surface area contributed by atoms with Crippen molar-refractivity contribution in [1.82, 2.24) is 9.47 Å². The van der Waals surface area contributed by atoms with Crippen molar-refractivity contribution in [3.63, 3.8) is 0 Å². The molecule has 1 aliphatic rings. The average molecular weight is 323 g/mol. The summed E-state index contributed by atoms with van der Waals surface area (Å²) in [7, 11) is 0. The Kier molecular flexibility index (Phi) is 4.77. The SMILES string of the molecule is CCN1CCN(c2c(N)cc(C#N)n2Cc2cccc(C)c2)CC1. The number of nitrogen functional groups attached to an aromatic ring is 1. The zero-order valence-corrected chi connectivity index (χ0v) is 14.5. The zero-order valence-electron chi connectivity index (χ0n) is 14.5. The van der Waals surface area contributed by atoms with Gasteiger partial charge < -0.3 is 20.1 Å². The van der Waals surface area contributed by atoms with Gasteiger partial charge in [0.2, 0.25) is 0 Å². The fourth-order valence-corrected chi connectivity index (χ4v) is 3.43. The van der Waals surface area contributed by atoms with Crippen LogP contribution in [0.4, 0.5) is 11.5 Å². The molecule has 5 nitrogen and oxygen atoms in total. The van der Waals surface area contributed by atoms with Crippen LogP contribution in [0, 0.1) is 18.3 Å². The van der Waals surface area contributed by atoms with Crippen LogP contribution >= 0.6 is 0 Å². The number of likely N-dealkylation sites (N-methyl/N-ethyl adjacent to an activating group) is 1. The minimum atomic E-state index is 0.627. The summed E-state index contributed by atoms with van der Waals surface area (Å²) in [5, 5.41) is 9.51. The minimum Gasteiger partial charge on any atom is -0.396 e. The van der Waals surface area contributed by atoms with Crippen molar-refractivity contribution >= 4 is 11.5 Å². The van der Waals surface area contributed by atoms with Crippen molar-refractivity contribution in [3.8, 4) is 6.07 Å². The lowest BCUT2D eigenvalue weighted by atomic mass is 10.1. The van der Waals surface area contributed by atoms with E-state index in [1.165, 1.54) is 11.1 Å². The van der Waals surface area contributed by atoms with Gasteiger partial charge in [-0.25, -0.2) is 0 Å². The number of nitriles is 1. The molecule has 1 aromatic carbocycles. The molecule has 1 aromatic heterocycles. The Hall–Kier alpha value is -2.45. The van der Waals surface area contributed by atoms with Crippen LogP contribution in [-0.2, 0) is 6.54 Å². The summed E-state index contributed by atoms with van der Waals surface area (Å²) >= 11 is 0. The van der Waals surface area contributed by atoms with E-state index < -0.39 is 0 Å². The van der Waals surface area contributed by atoms with E-state index in [0.717, 1.165) is 38.5 Å². The van der Waals surface area contributed by atoms with Crippen molar-refractivity contribution in [2.45, 2.75) is 20.4 Å². The van der Waals surface area contributed by atoms with Crippen LogP contribution in [0.25, 0.3) is 0 Å². The van der Waals surface area contributed by atoms with E-state index >= 15 is 0 Å². The topological polar surface area (TPSA) is 61.2 Å². The third-order valence-electron chi connectivity index (χ3n) is 4.75. The van der Waals surface area contributed by atoms with Gasteiger partial charge in [0.05, 0.1) is 12.2 Å². The van der Waals surface area contributed by atoms with Crippen LogP contribution in [0.5, 0.6) is 0 Å². The van der Waals surface area contributed by atoms with E-state index in [1.807, 2.05) is 0 Å². The summed E-state index contributed by atoms with van der Waals surface area (Å²) in [6, 6.07) is 12.5. The molecular formula is C19H25N5. The molecule has 1 saturated heterocycles. The van der Waals surface area contributed by atoms with Crippen LogP contribution in [0.3, 0.4) is 0 Å². The lowest BCUT2D eigenvalue weighted by Gasteiger charge is -2.36. The third-order valence-corrected chi connectivity index (χ3v) is 4.75. The Morgan fingerprint density at radius 3 is 2.54 bits per heavy atom. The summed E-state index contributed by atoms with van der Waals surface area (Å²) in [6.07, 6.45) is 0. The molecule has 0 spiro atoms. The fraction of sp³-hybridized carbons (Fsp3) is 0.421. The number of hydrogen-bond acceptors (Lipinski definition) is 4. The maximum Gasteiger partial charge on any atom is 0.133 e. The van der Waals surface area contributed by atoms with Crippen molar-refractivity contribution in [1.29, 1.82) is 5.26 Å². The smallest absolute Gasteiger partial charge is 0.133 e. The van der Waals surface area contributed by atoms with Gasteiger partial charge in [0.1, 0.15) is 17.6 Å². The van der Waals surface area contributed by atoms with Gasteiger partial charge in [-0.1, -0.05) is 36.8 Å². The fourth-order valence-electron chi connectivity index (χ4n) is 3.43. The van der Waals surface area contributed by atoms with E-state index in [9.17, 15) is 5.26 Å². The van der Waals surface area contributed by atoms with Crippen LogP contribution in [0.2, 0.25) is 0 Å². The molecule has 24 heavy (non-hydrogen) atoms. The lowest BCUT2D eigenvalue weighted by Crippen LogP contribution is -2.47. The standard InChI is InChI=1S/C19H25N5/c1-3-22-7-9-23(10-8-22)19-18(21)12-17(13-20)24(19)14-16-6-4-5-15(2)11-16/h4-6,11-12H,3,7-10,14,21H2,1-2H3. The van der Waals surface area contributed by atoms with E-state index in [1.54, 1.807) is 6.07 Å². The minimum absolute atomic E-state index is 0.627. The first-order valence-electron chi connectivity index (χ1n) is 8.54. The number of aromatic nitrogens is 1. The third kappa shape index (κ3) is 3.24. The number of hydrogen-bond donors (Lipinski definition) is 1. The summed E-state index contributed by atoms with van der Waals surface area (Å²) in [5.74, 6) is 0.990. The molecule has 2 N–H and O–H groups in total. The van der Waals surface area contributed by atoms with E-state index in [4.69, 9.17) is 5.73 Å². The predicted octanol–water partition coefficient (Wildman–Crippen LogP) is 2.44. The van der Waals surface area contributed by atoms with Crippen LogP contribution in [-0.4, -0.2) is 42.2 Å². The largest absolute Gasteiger partial charge is 0.396 e. The van der Waals surface area contributed by atoms with Gasteiger partial charge in [0, 0.05) is 26.2 Å². The Labute approximate surface area is 143 Å². The van der Waals surface area contributed by atoms with Gasteiger partial charge in [-0.2, -0.15) is 5.26 Å². The number of benzene rings is 1. The second kappa shape index (κ2) is 6.98. The number of nitrogens with zero attached hydrogens (tertiary/aromatic N) is 4. The van der Waals surface area contributed by atoms with Gasteiger partial charge in [-0.15, -0.1) is 0 Å². The molecule has 5 heteroatoms. The monoisotopic (exact) mass is 323 g/mol. The lowest BCUT2D eigenvalue weighted by molar-refractivity contribution is 0.270. The highest BCUT2D eigenvalue weighted by atomic mass is 15.3. The van der Waals surface area contributed by atoms with Crippen LogP contribution in [0.1, 0.15) is 23.7 Å². The molecule has 126 valence electrons. The van der Waals surface area contributed by atoms with Gasteiger partial charge in [0.15, 0.2) is 0 Å². The number of piperazine rings is 1. The summed E-state index contributed by atoms with van der Waals surface area (Å²) in [4.78, 5) is 4.75. The number of anilines is 2. The number of nitrogens with two attached hydrogens (primary N) is 1. The first-order valence-corrected chi connectivity index (χ1v) is 8.54. The van der Waals surface area contributed by atoms with E-state index in [0.29, 0.717) is 17.9 Å². The molecule has 3 rings (SSSR count). The highest BCUT2D eigenvalue weighted by Gasteiger charge is 2.23. The number of rotatable bonds is 4.